The highest BCUT2D eigenvalue weighted by molar-refractivity contribution is 7.10. The molecule has 5 heteroatoms. The van der Waals surface area contributed by atoms with Crippen LogP contribution < -0.4 is 10.6 Å². The number of rotatable bonds is 3. The molecule has 2 heterocycles. The van der Waals surface area contributed by atoms with Crippen LogP contribution in [0.1, 0.15) is 83.9 Å². The van der Waals surface area contributed by atoms with Crippen molar-refractivity contribution in [3.8, 4) is 0 Å². The highest BCUT2D eigenvalue weighted by Gasteiger charge is 2.60. The van der Waals surface area contributed by atoms with Crippen molar-refractivity contribution >= 4 is 23.2 Å². The Morgan fingerprint density at radius 2 is 1.97 bits per heavy atom. The van der Waals surface area contributed by atoms with E-state index in [4.69, 9.17) is 0 Å². The molecule has 170 valence electrons. The maximum atomic E-state index is 13.4. The molecule has 2 N–H and O–H groups in total. The molecule has 1 saturated heterocycles. The van der Waals surface area contributed by atoms with Crippen LogP contribution in [-0.2, 0) is 15.1 Å². The van der Waals surface area contributed by atoms with Gasteiger partial charge >= 0.3 is 0 Å². The van der Waals surface area contributed by atoms with E-state index in [2.05, 4.69) is 30.5 Å². The minimum Gasteiger partial charge on any atom is -0.352 e. The van der Waals surface area contributed by atoms with E-state index < -0.39 is 11.5 Å². The van der Waals surface area contributed by atoms with E-state index in [1.165, 1.54) is 38.5 Å². The Morgan fingerprint density at radius 1 is 1.16 bits per heavy atom. The highest BCUT2D eigenvalue weighted by atomic mass is 32.1. The van der Waals surface area contributed by atoms with Crippen LogP contribution in [-0.4, -0.2) is 17.9 Å². The summed E-state index contributed by atoms with van der Waals surface area (Å²) in [6.07, 6.45) is 9.74. The number of thiophene rings is 1. The standard InChI is InChI=1S/C26H38N2O2S/c1-24(2,21-8-6-14-31-21)28-23(30)17-15-26(4)19-11-13-25(3)12-5-7-18(25)16(19)9-10-20(26)27-22(17)29/h6,8,14,16-20H,5,7,9-13,15H2,1-4H3,(H,27,29)(H,28,30)/t16-,17?,18-,19+,20?,25-,26+/m0/s1. The molecule has 2 unspecified atom stereocenters. The first-order valence-electron chi connectivity index (χ1n) is 12.3. The van der Waals surface area contributed by atoms with E-state index >= 15 is 0 Å². The molecule has 4 aliphatic rings. The van der Waals surface area contributed by atoms with Gasteiger partial charge in [-0.3, -0.25) is 9.59 Å². The molecular weight excluding hydrogens is 404 g/mol. The maximum Gasteiger partial charge on any atom is 0.233 e. The van der Waals surface area contributed by atoms with Crippen LogP contribution in [0, 0.1) is 34.5 Å². The fraction of sp³-hybridized carbons (Fsp3) is 0.769. The quantitative estimate of drug-likeness (QED) is 0.629. The Bertz CT molecular complexity index is 865. The summed E-state index contributed by atoms with van der Waals surface area (Å²) in [5.41, 5.74) is 0.0918. The normalized spacial score (nSPS) is 42.2. The molecule has 4 nitrogen and oxygen atoms in total. The summed E-state index contributed by atoms with van der Waals surface area (Å²) in [4.78, 5) is 27.5. The molecule has 0 spiro atoms. The third kappa shape index (κ3) is 3.37. The average molecular weight is 443 g/mol. The van der Waals surface area contributed by atoms with Crippen molar-refractivity contribution in [1.29, 1.82) is 0 Å². The molecule has 31 heavy (non-hydrogen) atoms. The lowest BCUT2D eigenvalue weighted by Crippen LogP contribution is -2.64. The van der Waals surface area contributed by atoms with Gasteiger partial charge in [0.25, 0.3) is 0 Å². The first kappa shape index (κ1) is 21.5. The van der Waals surface area contributed by atoms with Crippen LogP contribution in [0.5, 0.6) is 0 Å². The fourth-order valence-corrected chi connectivity index (χ4v) is 8.89. The summed E-state index contributed by atoms with van der Waals surface area (Å²) in [6, 6.07) is 4.28. The Morgan fingerprint density at radius 3 is 2.71 bits per heavy atom. The number of carbonyl (C=O) groups excluding carboxylic acids is 2. The summed E-state index contributed by atoms with van der Waals surface area (Å²) in [5, 5.41) is 8.54. The predicted molar refractivity (Wildman–Crippen MR) is 125 cm³/mol. The number of hydrogen-bond acceptors (Lipinski definition) is 3. The molecule has 1 aromatic rings. The molecular formula is C26H38N2O2S. The third-order valence-corrected chi connectivity index (χ3v) is 11.0. The summed E-state index contributed by atoms with van der Waals surface area (Å²) in [5.74, 6) is 1.47. The molecule has 3 saturated carbocycles. The lowest BCUT2D eigenvalue weighted by atomic mass is 9.47. The Labute approximate surface area is 190 Å². The van der Waals surface area contributed by atoms with E-state index in [-0.39, 0.29) is 23.3 Å². The number of hydrogen-bond donors (Lipinski definition) is 2. The smallest absolute Gasteiger partial charge is 0.233 e. The van der Waals surface area contributed by atoms with Gasteiger partial charge in [0.15, 0.2) is 0 Å². The third-order valence-electron chi connectivity index (χ3n) is 9.82. The first-order valence-corrected chi connectivity index (χ1v) is 13.2. The Hall–Kier alpha value is -1.36. The van der Waals surface area contributed by atoms with Gasteiger partial charge in [0.1, 0.15) is 5.92 Å². The van der Waals surface area contributed by atoms with Gasteiger partial charge in [-0.1, -0.05) is 26.3 Å². The van der Waals surface area contributed by atoms with Crippen molar-refractivity contribution < 1.29 is 9.59 Å². The highest BCUT2D eigenvalue weighted by Crippen LogP contribution is 2.64. The van der Waals surface area contributed by atoms with E-state index in [1.54, 1.807) is 11.3 Å². The molecule has 3 aliphatic carbocycles. The van der Waals surface area contributed by atoms with Crippen molar-refractivity contribution in [3.05, 3.63) is 22.4 Å². The van der Waals surface area contributed by atoms with E-state index in [1.807, 2.05) is 25.3 Å². The van der Waals surface area contributed by atoms with Crippen LogP contribution in [0.25, 0.3) is 0 Å². The summed E-state index contributed by atoms with van der Waals surface area (Å²) in [6.45, 7) is 8.97. The average Bonchev–Trinajstić information content (AvgIpc) is 3.37. The van der Waals surface area contributed by atoms with E-state index in [9.17, 15) is 9.59 Å². The molecule has 1 aliphatic heterocycles. The van der Waals surface area contributed by atoms with Gasteiger partial charge in [-0.05, 0) is 98.8 Å². The maximum absolute atomic E-state index is 13.4. The minimum absolute atomic E-state index is 0.0236. The van der Waals surface area contributed by atoms with Crippen LogP contribution in [0.15, 0.2) is 17.5 Å². The predicted octanol–water partition coefficient (Wildman–Crippen LogP) is 5.24. The van der Waals surface area contributed by atoms with Crippen molar-refractivity contribution in [3.63, 3.8) is 0 Å². The van der Waals surface area contributed by atoms with Crippen molar-refractivity contribution in [2.45, 2.75) is 90.6 Å². The van der Waals surface area contributed by atoms with Gasteiger partial charge in [-0.2, -0.15) is 0 Å². The summed E-state index contributed by atoms with van der Waals surface area (Å²) in [7, 11) is 0. The zero-order valence-electron chi connectivity index (χ0n) is 19.5. The largest absolute Gasteiger partial charge is 0.352 e. The number of nitrogens with one attached hydrogen (secondary N) is 2. The summed E-state index contributed by atoms with van der Waals surface area (Å²) < 4.78 is 0. The molecule has 5 rings (SSSR count). The Balaban J connectivity index is 1.37. The number of carbonyl (C=O) groups is 2. The molecule has 0 aromatic carbocycles. The van der Waals surface area contributed by atoms with E-state index in [0.29, 0.717) is 17.8 Å². The molecule has 0 bridgehead atoms. The van der Waals surface area contributed by atoms with Crippen molar-refractivity contribution in [2.75, 3.05) is 0 Å². The minimum atomic E-state index is -0.587. The van der Waals surface area contributed by atoms with Crippen molar-refractivity contribution in [1.82, 2.24) is 10.6 Å². The zero-order chi connectivity index (χ0) is 22.0. The lowest BCUT2D eigenvalue weighted by Gasteiger charge is -2.60. The first-order chi connectivity index (χ1) is 14.6. The zero-order valence-corrected chi connectivity index (χ0v) is 20.3. The number of amides is 2. The van der Waals surface area contributed by atoms with E-state index in [0.717, 1.165) is 23.1 Å². The van der Waals surface area contributed by atoms with Crippen LogP contribution in [0.2, 0.25) is 0 Å². The number of fused-ring (bicyclic) bond motifs is 5. The van der Waals surface area contributed by atoms with Gasteiger partial charge in [-0.25, -0.2) is 0 Å². The fourth-order valence-electron chi connectivity index (χ4n) is 8.09. The molecule has 7 atom stereocenters. The van der Waals surface area contributed by atoms with Gasteiger partial charge in [0, 0.05) is 10.9 Å². The van der Waals surface area contributed by atoms with Gasteiger partial charge < -0.3 is 10.6 Å². The topological polar surface area (TPSA) is 58.2 Å². The van der Waals surface area contributed by atoms with Gasteiger partial charge in [-0.15, -0.1) is 11.3 Å². The van der Waals surface area contributed by atoms with Crippen molar-refractivity contribution in [2.24, 2.45) is 34.5 Å². The second-order valence-electron chi connectivity index (χ2n) is 12.0. The van der Waals surface area contributed by atoms with Crippen LogP contribution >= 0.6 is 11.3 Å². The van der Waals surface area contributed by atoms with Gasteiger partial charge in [0.05, 0.1) is 5.54 Å². The SMILES string of the molecule is CC(C)(NC(=O)C1C[C@@]2(C)C(CC[C@@H]3[C@H]2CC[C@]2(C)CCC[C@@H]32)NC1=O)c1cccs1. The lowest BCUT2D eigenvalue weighted by molar-refractivity contribution is -0.151. The second kappa shape index (κ2) is 7.33. The molecule has 0 radical (unpaired) electrons. The van der Waals surface area contributed by atoms with Crippen LogP contribution in [0.3, 0.4) is 0 Å². The molecule has 4 fully saturated rings. The molecule has 1 aromatic heterocycles. The summed E-state index contributed by atoms with van der Waals surface area (Å²) >= 11 is 1.64. The molecule has 2 amide bonds. The number of piperidine rings is 1. The monoisotopic (exact) mass is 442 g/mol. The second-order valence-corrected chi connectivity index (χ2v) is 12.9. The van der Waals surface area contributed by atoms with Crippen LogP contribution in [0.4, 0.5) is 0 Å². The Kier molecular flexibility index (Phi) is 5.08. The van der Waals surface area contributed by atoms with Gasteiger partial charge in [0.2, 0.25) is 11.8 Å².